The van der Waals surface area contributed by atoms with Gasteiger partial charge in [-0.05, 0) is 53.4 Å². The number of esters is 1. The summed E-state index contributed by atoms with van der Waals surface area (Å²) in [5.74, 6) is -0.807. The first-order valence-electron chi connectivity index (χ1n) is 10.2. The molecule has 0 aromatic rings. The van der Waals surface area contributed by atoms with E-state index < -0.39 is 29.8 Å². The highest BCUT2D eigenvalue weighted by molar-refractivity contribution is 5.87. The van der Waals surface area contributed by atoms with Gasteiger partial charge < -0.3 is 14.8 Å². The lowest BCUT2D eigenvalue weighted by atomic mass is 10.1. The second-order valence-electron chi connectivity index (χ2n) is 8.61. The predicted molar refractivity (Wildman–Crippen MR) is 101 cm³/mol. The Bertz CT molecular complexity index is 535. The maximum atomic E-state index is 12.5. The van der Waals surface area contributed by atoms with Crippen LogP contribution in [-0.4, -0.2) is 53.2 Å². The van der Waals surface area contributed by atoms with Crippen LogP contribution in [0.5, 0.6) is 0 Å². The van der Waals surface area contributed by atoms with E-state index in [1.54, 1.807) is 27.7 Å². The van der Waals surface area contributed by atoms with E-state index in [0.29, 0.717) is 19.4 Å². The Labute approximate surface area is 162 Å². The molecule has 7 heteroatoms. The second kappa shape index (κ2) is 9.42. The van der Waals surface area contributed by atoms with Gasteiger partial charge in [0.25, 0.3) is 5.91 Å². The molecule has 2 atom stereocenters. The van der Waals surface area contributed by atoms with E-state index in [0.717, 1.165) is 25.7 Å². The molecule has 0 unspecified atom stereocenters. The third kappa shape index (κ3) is 6.70. The minimum absolute atomic E-state index is 0.158. The Balaban J connectivity index is 1.86. The van der Waals surface area contributed by atoms with Gasteiger partial charge in [-0.15, -0.1) is 0 Å². The van der Waals surface area contributed by atoms with Gasteiger partial charge in [-0.3, -0.25) is 9.69 Å². The van der Waals surface area contributed by atoms with Gasteiger partial charge in [-0.2, -0.15) is 0 Å². The molecule has 0 aromatic carbocycles. The van der Waals surface area contributed by atoms with Crippen LogP contribution in [0.25, 0.3) is 0 Å². The topological polar surface area (TPSA) is 84.9 Å². The van der Waals surface area contributed by atoms with Gasteiger partial charge in [0.15, 0.2) is 6.10 Å². The van der Waals surface area contributed by atoms with Gasteiger partial charge in [0.05, 0.1) is 0 Å². The quantitative estimate of drug-likeness (QED) is 0.596. The Kier molecular flexibility index (Phi) is 7.50. The van der Waals surface area contributed by atoms with E-state index in [4.69, 9.17) is 9.47 Å². The third-order valence-corrected chi connectivity index (χ3v) is 5.02. The number of hydrogen-bond donors (Lipinski definition) is 1. The number of nitrogens with one attached hydrogen (secondary N) is 1. The normalized spacial score (nSPS) is 22.7. The molecule has 1 saturated carbocycles. The average Bonchev–Trinajstić information content (AvgIpc) is 2.93. The first-order valence-corrected chi connectivity index (χ1v) is 10.2. The summed E-state index contributed by atoms with van der Waals surface area (Å²) in [5.41, 5.74) is -0.625. The highest BCUT2D eigenvalue weighted by Crippen LogP contribution is 2.22. The summed E-state index contributed by atoms with van der Waals surface area (Å²) in [6, 6.07) is -0.529. The monoisotopic (exact) mass is 382 g/mol. The highest BCUT2D eigenvalue weighted by atomic mass is 16.6. The molecule has 7 nitrogen and oxygen atoms in total. The van der Waals surface area contributed by atoms with E-state index in [9.17, 15) is 14.4 Å². The number of amides is 2. The number of hydrogen-bond acceptors (Lipinski definition) is 5. The molecule has 0 bridgehead atoms. The number of ether oxygens (including phenoxy) is 2. The minimum Gasteiger partial charge on any atom is -0.451 e. The van der Waals surface area contributed by atoms with E-state index in [-0.39, 0.29) is 11.9 Å². The molecular weight excluding hydrogens is 348 g/mol. The lowest BCUT2D eigenvalue weighted by Crippen LogP contribution is -2.47. The Morgan fingerprint density at radius 1 is 1.00 bits per heavy atom. The van der Waals surface area contributed by atoms with Crippen LogP contribution < -0.4 is 5.32 Å². The van der Waals surface area contributed by atoms with Crippen molar-refractivity contribution in [2.75, 3.05) is 6.54 Å². The summed E-state index contributed by atoms with van der Waals surface area (Å²) in [6.07, 6.45) is 6.44. The molecule has 2 aliphatic rings. The van der Waals surface area contributed by atoms with Crippen molar-refractivity contribution in [2.24, 2.45) is 0 Å². The van der Waals surface area contributed by atoms with Gasteiger partial charge in [0.1, 0.15) is 11.6 Å². The van der Waals surface area contributed by atoms with Gasteiger partial charge in [0, 0.05) is 12.6 Å². The van der Waals surface area contributed by atoms with Crippen LogP contribution in [0.4, 0.5) is 4.79 Å². The molecule has 154 valence electrons. The maximum Gasteiger partial charge on any atom is 0.411 e. The first-order chi connectivity index (χ1) is 12.7. The first kappa shape index (κ1) is 21.5. The SMILES string of the molecule is C[C@H](OC(=O)[C@@H]1CCCN1C(=O)OC(C)(C)C)C(=O)NC1CCCCCC1. The summed E-state index contributed by atoms with van der Waals surface area (Å²) in [7, 11) is 0. The van der Waals surface area contributed by atoms with Crippen molar-refractivity contribution >= 4 is 18.0 Å². The van der Waals surface area contributed by atoms with Crippen molar-refractivity contribution in [1.29, 1.82) is 0 Å². The zero-order valence-corrected chi connectivity index (χ0v) is 17.1. The van der Waals surface area contributed by atoms with Crippen LogP contribution >= 0.6 is 0 Å². The molecule has 0 aromatic heterocycles. The van der Waals surface area contributed by atoms with Crippen molar-refractivity contribution in [1.82, 2.24) is 10.2 Å². The van der Waals surface area contributed by atoms with Crippen LogP contribution in [0.15, 0.2) is 0 Å². The molecule has 2 fully saturated rings. The number of rotatable bonds is 4. The van der Waals surface area contributed by atoms with Gasteiger partial charge in [-0.1, -0.05) is 25.7 Å². The van der Waals surface area contributed by atoms with Crippen LogP contribution in [-0.2, 0) is 19.1 Å². The molecule has 1 aliphatic carbocycles. The largest absolute Gasteiger partial charge is 0.451 e. The average molecular weight is 383 g/mol. The molecule has 1 aliphatic heterocycles. The van der Waals surface area contributed by atoms with Gasteiger partial charge in [-0.25, -0.2) is 9.59 Å². The van der Waals surface area contributed by atoms with Crippen LogP contribution in [0, 0.1) is 0 Å². The number of carbonyl (C=O) groups excluding carboxylic acids is 3. The van der Waals surface area contributed by atoms with E-state index >= 15 is 0 Å². The second-order valence-corrected chi connectivity index (χ2v) is 8.61. The van der Waals surface area contributed by atoms with Crippen LogP contribution in [0.1, 0.15) is 79.1 Å². The lowest BCUT2D eigenvalue weighted by molar-refractivity contribution is -0.159. The van der Waals surface area contributed by atoms with E-state index in [2.05, 4.69) is 5.32 Å². The van der Waals surface area contributed by atoms with Crippen molar-refractivity contribution in [3.05, 3.63) is 0 Å². The molecule has 1 N–H and O–H groups in total. The molecule has 2 rings (SSSR count). The van der Waals surface area contributed by atoms with Gasteiger partial charge >= 0.3 is 12.1 Å². The lowest BCUT2D eigenvalue weighted by Gasteiger charge is -2.28. The Morgan fingerprint density at radius 3 is 2.22 bits per heavy atom. The number of likely N-dealkylation sites (tertiary alicyclic amines) is 1. The summed E-state index contributed by atoms with van der Waals surface area (Å²) < 4.78 is 10.7. The molecule has 1 heterocycles. The molecule has 1 saturated heterocycles. The summed E-state index contributed by atoms with van der Waals surface area (Å²) in [4.78, 5) is 38.6. The smallest absolute Gasteiger partial charge is 0.411 e. The molecule has 0 radical (unpaired) electrons. The Morgan fingerprint density at radius 2 is 1.63 bits per heavy atom. The summed E-state index contributed by atoms with van der Waals surface area (Å²) in [6.45, 7) is 7.39. The maximum absolute atomic E-state index is 12.5. The van der Waals surface area contributed by atoms with Crippen molar-refractivity contribution in [3.8, 4) is 0 Å². The van der Waals surface area contributed by atoms with Crippen LogP contribution in [0.2, 0.25) is 0 Å². The molecule has 0 spiro atoms. The molecular formula is C20H34N2O5. The zero-order chi connectivity index (χ0) is 20.0. The fourth-order valence-electron chi connectivity index (χ4n) is 3.60. The minimum atomic E-state index is -0.873. The van der Waals surface area contributed by atoms with Gasteiger partial charge in [0.2, 0.25) is 0 Å². The summed E-state index contributed by atoms with van der Waals surface area (Å²) >= 11 is 0. The predicted octanol–water partition coefficient (Wildman–Crippen LogP) is 3.16. The fraction of sp³-hybridized carbons (Fsp3) is 0.850. The highest BCUT2D eigenvalue weighted by Gasteiger charge is 2.38. The van der Waals surface area contributed by atoms with Crippen molar-refractivity contribution < 1.29 is 23.9 Å². The summed E-state index contributed by atoms with van der Waals surface area (Å²) in [5, 5.41) is 3.00. The van der Waals surface area contributed by atoms with Crippen LogP contribution in [0.3, 0.4) is 0 Å². The third-order valence-electron chi connectivity index (χ3n) is 5.02. The van der Waals surface area contributed by atoms with Crippen molar-refractivity contribution in [3.63, 3.8) is 0 Å². The van der Waals surface area contributed by atoms with E-state index in [1.807, 2.05) is 0 Å². The Hall–Kier alpha value is -1.79. The molecule has 27 heavy (non-hydrogen) atoms. The standard InChI is InChI=1S/C20H34N2O5/c1-14(17(23)21-15-10-7-5-6-8-11-15)26-18(24)16-12-9-13-22(16)19(25)27-20(2,3)4/h14-16H,5-13H2,1-4H3,(H,21,23)/t14-,16-/m0/s1. The number of nitrogens with zero attached hydrogens (tertiary/aromatic N) is 1. The van der Waals surface area contributed by atoms with E-state index in [1.165, 1.54) is 17.7 Å². The molecule has 2 amide bonds. The number of carbonyl (C=O) groups is 3. The zero-order valence-electron chi connectivity index (χ0n) is 17.1. The fourth-order valence-corrected chi connectivity index (χ4v) is 3.60. The van der Waals surface area contributed by atoms with Crippen molar-refractivity contribution in [2.45, 2.75) is 103 Å².